The van der Waals surface area contributed by atoms with Crippen LogP contribution in [0.3, 0.4) is 0 Å². The van der Waals surface area contributed by atoms with Gasteiger partial charge in [0.05, 0.1) is 6.54 Å². The van der Waals surface area contributed by atoms with Crippen molar-refractivity contribution < 1.29 is 13.5 Å². The molecule has 2 aromatic carbocycles. The lowest BCUT2D eigenvalue weighted by Crippen LogP contribution is -2.42. The van der Waals surface area contributed by atoms with Gasteiger partial charge in [-0.1, -0.05) is 30.3 Å². The standard InChI is InChI=1S/C18H19F2NO/c19-18(20)11-4-12-21(14-18)16-7-9-17(10-8-16)22-13-15-5-2-1-3-6-15/h1-3,5-10H,4,11-14H2. The molecule has 0 bridgehead atoms. The Hall–Kier alpha value is -2.10. The molecule has 0 amide bonds. The van der Waals surface area contributed by atoms with E-state index in [4.69, 9.17) is 4.74 Å². The van der Waals surface area contributed by atoms with Crippen LogP contribution in [0.15, 0.2) is 54.6 Å². The minimum atomic E-state index is -2.58. The predicted octanol–water partition coefficient (Wildman–Crippen LogP) is 4.50. The number of halogens is 2. The largest absolute Gasteiger partial charge is 0.489 e. The van der Waals surface area contributed by atoms with Crippen molar-refractivity contribution >= 4 is 5.69 Å². The molecule has 1 aliphatic heterocycles. The van der Waals surface area contributed by atoms with Crippen LogP contribution < -0.4 is 9.64 Å². The van der Waals surface area contributed by atoms with E-state index in [9.17, 15) is 8.78 Å². The van der Waals surface area contributed by atoms with Gasteiger partial charge in [0.2, 0.25) is 0 Å². The maximum Gasteiger partial charge on any atom is 0.265 e. The number of nitrogens with zero attached hydrogens (tertiary/aromatic N) is 1. The van der Waals surface area contributed by atoms with E-state index in [1.807, 2.05) is 54.6 Å². The molecule has 0 unspecified atom stereocenters. The summed E-state index contributed by atoms with van der Waals surface area (Å²) in [5, 5.41) is 0. The van der Waals surface area contributed by atoms with Crippen molar-refractivity contribution in [2.75, 3.05) is 18.0 Å². The topological polar surface area (TPSA) is 12.5 Å². The highest BCUT2D eigenvalue weighted by atomic mass is 19.3. The Morgan fingerprint density at radius 1 is 1.00 bits per heavy atom. The molecular formula is C18H19F2NO. The number of benzene rings is 2. The Bertz CT molecular complexity index is 598. The lowest BCUT2D eigenvalue weighted by molar-refractivity contribution is -0.0116. The maximum absolute atomic E-state index is 13.5. The molecule has 4 heteroatoms. The number of alkyl halides is 2. The molecule has 1 saturated heterocycles. The Labute approximate surface area is 129 Å². The van der Waals surface area contributed by atoms with E-state index in [0.717, 1.165) is 17.0 Å². The summed E-state index contributed by atoms with van der Waals surface area (Å²) >= 11 is 0. The summed E-state index contributed by atoms with van der Waals surface area (Å²) in [6.45, 7) is 0.985. The molecule has 3 rings (SSSR count). The van der Waals surface area contributed by atoms with Gasteiger partial charge in [0.1, 0.15) is 12.4 Å². The van der Waals surface area contributed by atoms with Crippen molar-refractivity contribution in [3.8, 4) is 5.75 Å². The second-order valence-electron chi connectivity index (χ2n) is 5.65. The third kappa shape index (κ3) is 3.75. The van der Waals surface area contributed by atoms with E-state index in [-0.39, 0.29) is 13.0 Å². The summed E-state index contributed by atoms with van der Waals surface area (Å²) < 4.78 is 32.6. The van der Waals surface area contributed by atoms with E-state index in [2.05, 4.69) is 0 Å². The number of rotatable bonds is 4. The molecule has 0 spiro atoms. The molecule has 22 heavy (non-hydrogen) atoms. The molecule has 1 fully saturated rings. The highest BCUT2D eigenvalue weighted by molar-refractivity contribution is 5.49. The Morgan fingerprint density at radius 3 is 2.41 bits per heavy atom. The van der Waals surface area contributed by atoms with Gasteiger partial charge in [-0.3, -0.25) is 0 Å². The van der Waals surface area contributed by atoms with Crippen LogP contribution in [0.5, 0.6) is 5.75 Å². The van der Waals surface area contributed by atoms with Crippen LogP contribution in [-0.4, -0.2) is 19.0 Å². The zero-order chi connectivity index (χ0) is 15.4. The average molecular weight is 303 g/mol. The van der Waals surface area contributed by atoms with Gasteiger partial charge in [0, 0.05) is 18.7 Å². The van der Waals surface area contributed by atoms with Gasteiger partial charge in [0.15, 0.2) is 0 Å². The fraction of sp³-hybridized carbons (Fsp3) is 0.333. The Kier molecular flexibility index (Phi) is 4.27. The molecule has 2 nitrogen and oxygen atoms in total. The number of piperidine rings is 1. The van der Waals surface area contributed by atoms with Crippen molar-refractivity contribution in [3.63, 3.8) is 0 Å². The van der Waals surface area contributed by atoms with Crippen molar-refractivity contribution in [1.29, 1.82) is 0 Å². The van der Waals surface area contributed by atoms with Crippen LogP contribution in [0, 0.1) is 0 Å². The smallest absolute Gasteiger partial charge is 0.265 e. The normalized spacial score (nSPS) is 17.3. The quantitative estimate of drug-likeness (QED) is 0.824. The first kappa shape index (κ1) is 14.8. The van der Waals surface area contributed by atoms with Crippen LogP contribution in [-0.2, 0) is 6.61 Å². The van der Waals surface area contributed by atoms with Gasteiger partial charge >= 0.3 is 0 Å². The Balaban J connectivity index is 1.60. The lowest BCUT2D eigenvalue weighted by Gasteiger charge is -2.34. The summed E-state index contributed by atoms with van der Waals surface area (Å²) in [6.07, 6.45) is 0.515. The van der Waals surface area contributed by atoms with E-state index >= 15 is 0 Å². The summed E-state index contributed by atoms with van der Waals surface area (Å²) in [5.41, 5.74) is 1.92. The van der Waals surface area contributed by atoms with Gasteiger partial charge < -0.3 is 9.64 Å². The van der Waals surface area contributed by atoms with Crippen LogP contribution in [0.1, 0.15) is 18.4 Å². The van der Waals surface area contributed by atoms with E-state index in [1.165, 1.54) is 0 Å². The molecule has 1 heterocycles. The molecule has 0 saturated carbocycles. The lowest BCUT2D eigenvalue weighted by atomic mass is 10.1. The first-order chi connectivity index (χ1) is 10.6. The number of anilines is 1. The summed E-state index contributed by atoms with van der Waals surface area (Å²) in [6, 6.07) is 17.3. The summed E-state index contributed by atoms with van der Waals surface area (Å²) in [4.78, 5) is 1.74. The molecule has 0 radical (unpaired) electrons. The van der Waals surface area contributed by atoms with Gasteiger partial charge in [-0.15, -0.1) is 0 Å². The van der Waals surface area contributed by atoms with Gasteiger partial charge in [-0.2, -0.15) is 0 Å². The highest BCUT2D eigenvalue weighted by Crippen LogP contribution is 2.30. The summed E-state index contributed by atoms with van der Waals surface area (Å²) in [5.74, 6) is -1.84. The maximum atomic E-state index is 13.5. The van der Waals surface area contributed by atoms with E-state index in [1.54, 1.807) is 4.90 Å². The zero-order valence-electron chi connectivity index (χ0n) is 12.3. The zero-order valence-corrected chi connectivity index (χ0v) is 12.3. The monoisotopic (exact) mass is 303 g/mol. The van der Waals surface area contributed by atoms with E-state index < -0.39 is 5.92 Å². The summed E-state index contributed by atoms with van der Waals surface area (Å²) in [7, 11) is 0. The molecule has 0 N–H and O–H groups in total. The van der Waals surface area contributed by atoms with Crippen molar-refractivity contribution in [1.82, 2.24) is 0 Å². The highest BCUT2D eigenvalue weighted by Gasteiger charge is 2.35. The molecule has 0 aliphatic carbocycles. The molecular weight excluding hydrogens is 284 g/mol. The third-order valence-electron chi connectivity index (χ3n) is 3.84. The fourth-order valence-electron chi connectivity index (χ4n) is 2.68. The molecule has 1 aliphatic rings. The van der Waals surface area contributed by atoms with Crippen LogP contribution >= 0.6 is 0 Å². The molecule has 116 valence electrons. The SMILES string of the molecule is FC1(F)CCCN(c2ccc(OCc3ccccc3)cc2)C1. The van der Waals surface area contributed by atoms with Crippen molar-refractivity contribution in [3.05, 3.63) is 60.2 Å². The number of hydrogen-bond acceptors (Lipinski definition) is 2. The Morgan fingerprint density at radius 2 is 1.73 bits per heavy atom. The molecule has 2 aromatic rings. The predicted molar refractivity (Wildman–Crippen MR) is 83.6 cm³/mol. The van der Waals surface area contributed by atoms with Crippen molar-refractivity contribution in [2.24, 2.45) is 0 Å². The second kappa shape index (κ2) is 6.34. The third-order valence-corrected chi connectivity index (χ3v) is 3.84. The fourth-order valence-corrected chi connectivity index (χ4v) is 2.68. The van der Waals surface area contributed by atoms with Crippen LogP contribution in [0.2, 0.25) is 0 Å². The number of hydrogen-bond donors (Lipinski definition) is 0. The van der Waals surface area contributed by atoms with Gasteiger partial charge in [-0.05, 0) is 36.2 Å². The van der Waals surface area contributed by atoms with Crippen LogP contribution in [0.4, 0.5) is 14.5 Å². The first-order valence-corrected chi connectivity index (χ1v) is 7.52. The van der Waals surface area contributed by atoms with Gasteiger partial charge in [-0.25, -0.2) is 8.78 Å². The second-order valence-corrected chi connectivity index (χ2v) is 5.65. The minimum absolute atomic E-state index is 0.0121. The number of ether oxygens (including phenoxy) is 1. The first-order valence-electron chi connectivity index (χ1n) is 7.52. The van der Waals surface area contributed by atoms with Crippen molar-refractivity contribution in [2.45, 2.75) is 25.4 Å². The van der Waals surface area contributed by atoms with Gasteiger partial charge in [0.25, 0.3) is 5.92 Å². The molecule has 0 atom stereocenters. The van der Waals surface area contributed by atoms with Crippen LogP contribution in [0.25, 0.3) is 0 Å². The molecule has 0 aromatic heterocycles. The minimum Gasteiger partial charge on any atom is -0.489 e. The average Bonchev–Trinajstić information content (AvgIpc) is 2.53. The van der Waals surface area contributed by atoms with E-state index in [0.29, 0.717) is 19.6 Å².